The number of nitrogens with zero attached hydrogens (tertiary/aromatic N) is 5. The number of nitrogens with two attached hydrogens (primary N) is 1. The molecule has 0 aliphatic carbocycles. The zero-order chi connectivity index (χ0) is 15.4. The summed E-state index contributed by atoms with van der Waals surface area (Å²) >= 11 is 0. The monoisotopic (exact) mass is 298 g/mol. The highest BCUT2D eigenvalue weighted by atomic mass is 15.3. The van der Waals surface area contributed by atoms with E-state index >= 15 is 0 Å². The molecule has 1 saturated heterocycles. The molecule has 116 valence electrons. The summed E-state index contributed by atoms with van der Waals surface area (Å²) in [6.45, 7) is 4.88. The minimum absolute atomic E-state index is 0.572. The highest BCUT2D eigenvalue weighted by Gasteiger charge is 2.16. The van der Waals surface area contributed by atoms with E-state index < -0.39 is 0 Å². The summed E-state index contributed by atoms with van der Waals surface area (Å²) < 4.78 is 1.88. The normalized spacial score (nSPS) is 17.0. The fourth-order valence-electron chi connectivity index (χ4n) is 2.60. The van der Waals surface area contributed by atoms with E-state index in [0.717, 1.165) is 30.4 Å². The first-order valence-electron chi connectivity index (χ1n) is 7.70. The van der Waals surface area contributed by atoms with Crippen LogP contribution in [-0.2, 0) is 6.54 Å². The van der Waals surface area contributed by atoms with Crippen LogP contribution in [0.4, 0.5) is 0 Å². The van der Waals surface area contributed by atoms with E-state index in [9.17, 15) is 0 Å². The predicted molar refractivity (Wildman–Crippen MR) is 86.7 cm³/mol. The van der Waals surface area contributed by atoms with E-state index in [1.165, 1.54) is 12.8 Å². The van der Waals surface area contributed by atoms with Crippen LogP contribution < -0.4 is 5.73 Å². The molecule has 0 spiro atoms. The lowest BCUT2D eigenvalue weighted by Gasteiger charge is -2.31. The molecule has 0 aromatic carbocycles. The van der Waals surface area contributed by atoms with Gasteiger partial charge in [0.1, 0.15) is 12.1 Å². The van der Waals surface area contributed by atoms with Crippen LogP contribution in [-0.4, -0.2) is 38.5 Å². The number of guanidine groups is 1. The average molecular weight is 298 g/mol. The minimum Gasteiger partial charge on any atom is -0.370 e. The fraction of sp³-hybridized carbons (Fsp3) is 0.438. The summed E-state index contributed by atoms with van der Waals surface area (Å²) in [6.07, 6.45) is 9.52. The summed E-state index contributed by atoms with van der Waals surface area (Å²) in [4.78, 5) is 15.1. The molecule has 0 amide bonds. The van der Waals surface area contributed by atoms with Gasteiger partial charge in [0.25, 0.3) is 0 Å². The summed E-state index contributed by atoms with van der Waals surface area (Å²) in [5, 5.41) is 0. The van der Waals surface area contributed by atoms with Gasteiger partial charge in [0, 0.05) is 31.7 Å². The summed E-state index contributed by atoms with van der Waals surface area (Å²) in [5.74, 6) is 2.28. The molecule has 1 fully saturated rings. The number of hydrogen-bond acceptors (Lipinski definition) is 3. The maximum atomic E-state index is 6.12. The van der Waals surface area contributed by atoms with Crippen molar-refractivity contribution in [1.82, 2.24) is 19.4 Å². The molecule has 0 atom stereocenters. The maximum Gasteiger partial charge on any atom is 0.191 e. The molecule has 2 aromatic rings. The predicted octanol–water partition coefficient (Wildman–Crippen LogP) is 1.81. The van der Waals surface area contributed by atoms with Crippen LogP contribution in [0.1, 0.15) is 25.3 Å². The van der Waals surface area contributed by atoms with Crippen molar-refractivity contribution in [1.29, 1.82) is 0 Å². The van der Waals surface area contributed by atoms with Gasteiger partial charge in [0.2, 0.25) is 0 Å². The van der Waals surface area contributed by atoms with E-state index in [4.69, 9.17) is 5.73 Å². The Labute approximate surface area is 130 Å². The van der Waals surface area contributed by atoms with Gasteiger partial charge < -0.3 is 10.6 Å². The fourth-order valence-corrected chi connectivity index (χ4v) is 2.60. The molecule has 0 unspecified atom stereocenters. The molecule has 1 aliphatic heterocycles. The first-order chi connectivity index (χ1) is 10.7. The molecule has 0 saturated carbocycles. The van der Waals surface area contributed by atoms with Crippen LogP contribution in [0.25, 0.3) is 5.82 Å². The second-order valence-corrected chi connectivity index (χ2v) is 5.84. The second-order valence-electron chi connectivity index (χ2n) is 5.84. The van der Waals surface area contributed by atoms with Gasteiger partial charge in [-0.3, -0.25) is 4.57 Å². The molecule has 3 heterocycles. The van der Waals surface area contributed by atoms with Gasteiger partial charge in [-0.25, -0.2) is 15.0 Å². The van der Waals surface area contributed by atoms with Gasteiger partial charge in [-0.05, 0) is 36.5 Å². The zero-order valence-corrected chi connectivity index (χ0v) is 12.9. The van der Waals surface area contributed by atoms with Crippen LogP contribution in [0, 0.1) is 5.92 Å². The van der Waals surface area contributed by atoms with Crippen LogP contribution in [0.2, 0.25) is 0 Å². The Hall–Kier alpha value is -2.37. The molecule has 2 N–H and O–H groups in total. The molecular formula is C16H22N6. The molecule has 3 rings (SSSR count). The van der Waals surface area contributed by atoms with E-state index in [2.05, 4.69) is 26.8 Å². The highest BCUT2D eigenvalue weighted by molar-refractivity contribution is 5.78. The van der Waals surface area contributed by atoms with Crippen LogP contribution in [0.5, 0.6) is 0 Å². The second kappa shape index (κ2) is 6.60. The third-order valence-electron chi connectivity index (χ3n) is 4.11. The number of imidazole rings is 1. The number of rotatable bonds is 3. The Bertz CT molecular complexity index is 626. The molecule has 22 heavy (non-hydrogen) atoms. The van der Waals surface area contributed by atoms with Gasteiger partial charge in [-0.1, -0.05) is 6.92 Å². The summed E-state index contributed by atoms with van der Waals surface area (Å²) in [7, 11) is 0. The zero-order valence-electron chi connectivity index (χ0n) is 12.9. The summed E-state index contributed by atoms with van der Waals surface area (Å²) in [5.41, 5.74) is 7.21. The number of piperidine rings is 1. The number of aromatic nitrogens is 3. The van der Waals surface area contributed by atoms with E-state index in [-0.39, 0.29) is 0 Å². The van der Waals surface area contributed by atoms with Crippen molar-refractivity contribution in [2.45, 2.75) is 26.3 Å². The minimum atomic E-state index is 0.572. The standard InChI is InChI=1S/C16H22N6/c1-13-3-7-21(8-4-13)16(17)20-11-14-2-5-19-15(10-14)22-9-6-18-12-22/h2,5-6,9-10,12-13H,3-4,7-8,11H2,1H3,(H2,17,20). The van der Waals surface area contributed by atoms with Crippen LogP contribution >= 0.6 is 0 Å². The van der Waals surface area contributed by atoms with Crippen molar-refractivity contribution < 1.29 is 0 Å². The van der Waals surface area contributed by atoms with E-state index in [0.29, 0.717) is 12.5 Å². The molecule has 2 aromatic heterocycles. The van der Waals surface area contributed by atoms with Crippen LogP contribution in [0.3, 0.4) is 0 Å². The quantitative estimate of drug-likeness (QED) is 0.693. The largest absolute Gasteiger partial charge is 0.370 e. The van der Waals surface area contributed by atoms with Crippen molar-refractivity contribution in [2.24, 2.45) is 16.6 Å². The Morgan fingerprint density at radius 2 is 2.18 bits per heavy atom. The van der Waals surface area contributed by atoms with E-state index in [1.54, 1.807) is 18.7 Å². The SMILES string of the molecule is CC1CCN(C(N)=NCc2ccnc(-n3ccnc3)c2)CC1. The number of hydrogen-bond donors (Lipinski definition) is 1. The Morgan fingerprint density at radius 3 is 2.91 bits per heavy atom. The Kier molecular flexibility index (Phi) is 4.37. The summed E-state index contributed by atoms with van der Waals surface area (Å²) in [6, 6.07) is 3.98. The van der Waals surface area contributed by atoms with Gasteiger partial charge in [-0.2, -0.15) is 0 Å². The molecule has 0 bridgehead atoms. The number of pyridine rings is 1. The smallest absolute Gasteiger partial charge is 0.191 e. The van der Waals surface area contributed by atoms with Crippen molar-refractivity contribution in [3.63, 3.8) is 0 Å². The Balaban J connectivity index is 1.66. The van der Waals surface area contributed by atoms with Gasteiger partial charge in [0.15, 0.2) is 5.96 Å². The highest BCUT2D eigenvalue weighted by Crippen LogP contribution is 2.15. The van der Waals surface area contributed by atoms with Crippen molar-refractivity contribution in [3.8, 4) is 5.82 Å². The average Bonchev–Trinajstić information content (AvgIpc) is 3.08. The molecule has 6 nitrogen and oxygen atoms in total. The first kappa shape index (κ1) is 14.6. The molecule has 1 aliphatic rings. The third-order valence-corrected chi connectivity index (χ3v) is 4.11. The number of aliphatic imine (C=N–C) groups is 1. The molecule has 0 radical (unpaired) electrons. The topological polar surface area (TPSA) is 72.3 Å². The lowest BCUT2D eigenvalue weighted by Crippen LogP contribution is -2.42. The van der Waals surface area contributed by atoms with Gasteiger partial charge in [0.05, 0.1) is 6.54 Å². The van der Waals surface area contributed by atoms with Gasteiger partial charge >= 0.3 is 0 Å². The van der Waals surface area contributed by atoms with E-state index in [1.807, 2.05) is 22.9 Å². The third kappa shape index (κ3) is 3.44. The number of likely N-dealkylation sites (tertiary alicyclic amines) is 1. The Morgan fingerprint density at radius 1 is 1.36 bits per heavy atom. The van der Waals surface area contributed by atoms with Gasteiger partial charge in [-0.15, -0.1) is 0 Å². The molecular weight excluding hydrogens is 276 g/mol. The van der Waals surface area contributed by atoms with Crippen molar-refractivity contribution >= 4 is 5.96 Å². The molecule has 6 heteroatoms. The van der Waals surface area contributed by atoms with Crippen molar-refractivity contribution in [2.75, 3.05) is 13.1 Å². The lowest BCUT2D eigenvalue weighted by atomic mass is 10.00. The lowest BCUT2D eigenvalue weighted by molar-refractivity contribution is 0.277. The first-order valence-corrected chi connectivity index (χ1v) is 7.70. The van der Waals surface area contributed by atoms with Crippen molar-refractivity contribution in [3.05, 3.63) is 42.6 Å². The maximum absolute atomic E-state index is 6.12. The van der Waals surface area contributed by atoms with Crippen LogP contribution in [0.15, 0.2) is 42.0 Å².